The van der Waals surface area contributed by atoms with E-state index < -0.39 is 5.97 Å². The van der Waals surface area contributed by atoms with Crippen LogP contribution >= 0.6 is 0 Å². The highest BCUT2D eigenvalue weighted by Crippen LogP contribution is 2.23. The molecule has 0 saturated carbocycles. The third-order valence-corrected chi connectivity index (χ3v) is 3.08. The molecule has 0 radical (unpaired) electrons. The van der Waals surface area contributed by atoms with Gasteiger partial charge in [0.1, 0.15) is 0 Å². The monoisotopic (exact) mass is 215 g/mol. The lowest BCUT2D eigenvalue weighted by molar-refractivity contribution is -0.142. The number of unbranched alkanes of at least 4 members (excludes halogenated alkanes) is 1. The Kier molecular flexibility index (Phi) is 5.05. The van der Waals surface area contributed by atoms with E-state index in [9.17, 15) is 4.79 Å². The minimum Gasteiger partial charge on any atom is -0.481 e. The molecule has 88 valence electrons. The van der Waals surface area contributed by atoms with E-state index in [4.69, 9.17) is 9.84 Å². The number of rotatable bonds is 6. The summed E-state index contributed by atoms with van der Waals surface area (Å²) < 4.78 is 4.97. The van der Waals surface area contributed by atoms with E-state index in [1.165, 1.54) is 0 Å². The summed E-state index contributed by atoms with van der Waals surface area (Å²) in [6.07, 6.45) is 2.14. The first-order valence-corrected chi connectivity index (χ1v) is 5.59. The SMILES string of the molecule is COCCCCN1CC(C)C(C(=O)O)C1. The summed E-state index contributed by atoms with van der Waals surface area (Å²) in [6.45, 7) is 5.45. The van der Waals surface area contributed by atoms with Gasteiger partial charge in [0.15, 0.2) is 0 Å². The minimum absolute atomic E-state index is 0.174. The van der Waals surface area contributed by atoms with Crippen molar-refractivity contribution in [1.29, 1.82) is 0 Å². The molecule has 2 atom stereocenters. The summed E-state index contributed by atoms with van der Waals surface area (Å²) >= 11 is 0. The van der Waals surface area contributed by atoms with Gasteiger partial charge >= 0.3 is 5.97 Å². The van der Waals surface area contributed by atoms with Crippen molar-refractivity contribution >= 4 is 5.97 Å². The van der Waals surface area contributed by atoms with Crippen molar-refractivity contribution in [3.05, 3.63) is 0 Å². The minimum atomic E-state index is -0.651. The molecule has 1 saturated heterocycles. The van der Waals surface area contributed by atoms with Crippen molar-refractivity contribution in [3.63, 3.8) is 0 Å². The maximum Gasteiger partial charge on any atom is 0.308 e. The largest absolute Gasteiger partial charge is 0.481 e. The highest BCUT2D eigenvalue weighted by Gasteiger charge is 2.33. The molecule has 1 N–H and O–H groups in total. The Morgan fingerprint density at radius 2 is 2.20 bits per heavy atom. The van der Waals surface area contributed by atoms with Crippen LogP contribution in [0.2, 0.25) is 0 Å². The summed E-state index contributed by atoms with van der Waals surface area (Å²) in [4.78, 5) is 13.1. The van der Waals surface area contributed by atoms with E-state index in [-0.39, 0.29) is 11.8 Å². The molecule has 0 spiro atoms. The maximum atomic E-state index is 10.9. The molecule has 0 aromatic rings. The van der Waals surface area contributed by atoms with Crippen molar-refractivity contribution in [2.45, 2.75) is 19.8 Å². The molecular formula is C11H21NO3. The summed E-state index contributed by atoms with van der Waals surface area (Å²) in [5, 5.41) is 8.96. The highest BCUT2D eigenvalue weighted by atomic mass is 16.5. The second-order valence-corrected chi connectivity index (χ2v) is 4.38. The van der Waals surface area contributed by atoms with Crippen LogP contribution in [-0.2, 0) is 9.53 Å². The first-order chi connectivity index (χ1) is 7.15. The fraction of sp³-hybridized carbons (Fsp3) is 0.909. The number of likely N-dealkylation sites (tertiary alicyclic amines) is 1. The van der Waals surface area contributed by atoms with Gasteiger partial charge in [-0.25, -0.2) is 0 Å². The predicted octanol–water partition coefficient (Wildman–Crippen LogP) is 1.07. The molecule has 0 aliphatic carbocycles. The number of hydrogen-bond donors (Lipinski definition) is 1. The van der Waals surface area contributed by atoms with E-state index in [1.54, 1.807) is 7.11 Å². The number of methoxy groups -OCH3 is 1. The average molecular weight is 215 g/mol. The first kappa shape index (κ1) is 12.5. The van der Waals surface area contributed by atoms with Gasteiger partial charge in [-0.15, -0.1) is 0 Å². The number of hydrogen-bond acceptors (Lipinski definition) is 3. The molecule has 1 aliphatic rings. The Balaban J connectivity index is 2.20. The third-order valence-electron chi connectivity index (χ3n) is 3.08. The number of aliphatic carboxylic acids is 1. The van der Waals surface area contributed by atoms with Crippen LogP contribution in [0.25, 0.3) is 0 Å². The number of nitrogens with zero attached hydrogens (tertiary/aromatic N) is 1. The van der Waals surface area contributed by atoms with Crippen LogP contribution in [0.4, 0.5) is 0 Å². The van der Waals surface area contributed by atoms with E-state index in [2.05, 4.69) is 4.90 Å². The zero-order chi connectivity index (χ0) is 11.3. The molecule has 4 nitrogen and oxygen atoms in total. The van der Waals surface area contributed by atoms with Crippen molar-refractivity contribution in [2.24, 2.45) is 11.8 Å². The Morgan fingerprint density at radius 1 is 1.47 bits per heavy atom. The maximum absolute atomic E-state index is 10.9. The van der Waals surface area contributed by atoms with Crippen molar-refractivity contribution < 1.29 is 14.6 Å². The molecule has 0 aromatic heterocycles. The van der Waals surface area contributed by atoms with Crippen molar-refractivity contribution in [2.75, 3.05) is 33.4 Å². The van der Waals surface area contributed by atoms with Crippen LogP contribution in [0, 0.1) is 11.8 Å². The van der Waals surface area contributed by atoms with Crippen LogP contribution in [-0.4, -0.2) is 49.3 Å². The Bertz CT molecular complexity index is 208. The molecule has 0 amide bonds. The molecule has 1 fully saturated rings. The number of ether oxygens (including phenoxy) is 1. The lowest BCUT2D eigenvalue weighted by atomic mass is 9.99. The second-order valence-electron chi connectivity index (χ2n) is 4.38. The average Bonchev–Trinajstić information content (AvgIpc) is 2.55. The molecule has 1 rings (SSSR count). The summed E-state index contributed by atoms with van der Waals surface area (Å²) in [5.74, 6) is -0.542. The highest BCUT2D eigenvalue weighted by molar-refractivity contribution is 5.71. The summed E-state index contributed by atoms with van der Waals surface area (Å²) in [7, 11) is 1.71. The van der Waals surface area contributed by atoms with Gasteiger partial charge in [0.25, 0.3) is 0 Å². The first-order valence-electron chi connectivity index (χ1n) is 5.59. The summed E-state index contributed by atoms with van der Waals surface area (Å²) in [5.41, 5.74) is 0. The normalized spacial score (nSPS) is 27.1. The zero-order valence-electron chi connectivity index (χ0n) is 9.61. The van der Waals surface area contributed by atoms with Gasteiger partial charge in [-0.3, -0.25) is 4.79 Å². The van der Waals surface area contributed by atoms with Gasteiger partial charge < -0.3 is 14.7 Å². The van der Waals surface area contributed by atoms with Gasteiger partial charge in [0.2, 0.25) is 0 Å². The Labute approximate surface area is 91.2 Å². The molecule has 2 unspecified atom stereocenters. The molecular weight excluding hydrogens is 194 g/mol. The molecule has 4 heteroatoms. The predicted molar refractivity (Wildman–Crippen MR) is 57.8 cm³/mol. The van der Waals surface area contributed by atoms with E-state index in [0.29, 0.717) is 6.54 Å². The third kappa shape index (κ3) is 3.80. The lowest BCUT2D eigenvalue weighted by Crippen LogP contribution is -2.24. The molecule has 15 heavy (non-hydrogen) atoms. The van der Waals surface area contributed by atoms with Crippen LogP contribution < -0.4 is 0 Å². The van der Waals surface area contributed by atoms with Gasteiger partial charge in [0.05, 0.1) is 5.92 Å². The van der Waals surface area contributed by atoms with Crippen LogP contribution in [0.3, 0.4) is 0 Å². The standard InChI is InChI=1S/C11H21NO3/c1-9-7-12(5-3-4-6-15-2)8-10(9)11(13)14/h9-10H,3-8H2,1-2H3,(H,13,14). The van der Waals surface area contributed by atoms with Gasteiger partial charge in [-0.2, -0.15) is 0 Å². The van der Waals surface area contributed by atoms with Crippen LogP contribution in [0.15, 0.2) is 0 Å². The van der Waals surface area contributed by atoms with Crippen molar-refractivity contribution in [3.8, 4) is 0 Å². The second kappa shape index (κ2) is 6.08. The Hall–Kier alpha value is -0.610. The van der Waals surface area contributed by atoms with Gasteiger partial charge in [0, 0.05) is 26.8 Å². The number of carbonyl (C=O) groups is 1. The van der Waals surface area contributed by atoms with Crippen LogP contribution in [0.1, 0.15) is 19.8 Å². The zero-order valence-corrected chi connectivity index (χ0v) is 9.61. The quantitative estimate of drug-likeness (QED) is 0.673. The Morgan fingerprint density at radius 3 is 2.73 bits per heavy atom. The van der Waals surface area contributed by atoms with E-state index >= 15 is 0 Å². The molecule has 0 bridgehead atoms. The fourth-order valence-corrected chi connectivity index (χ4v) is 2.15. The number of carboxylic acids is 1. The fourth-order valence-electron chi connectivity index (χ4n) is 2.15. The lowest BCUT2D eigenvalue weighted by Gasteiger charge is -2.14. The molecule has 1 aliphatic heterocycles. The molecule has 0 aromatic carbocycles. The van der Waals surface area contributed by atoms with Crippen molar-refractivity contribution in [1.82, 2.24) is 4.90 Å². The van der Waals surface area contributed by atoms with Crippen LogP contribution in [0.5, 0.6) is 0 Å². The topological polar surface area (TPSA) is 49.8 Å². The smallest absolute Gasteiger partial charge is 0.308 e. The van der Waals surface area contributed by atoms with Gasteiger partial charge in [-0.05, 0) is 25.3 Å². The van der Waals surface area contributed by atoms with E-state index in [0.717, 1.165) is 32.5 Å². The summed E-state index contributed by atoms with van der Waals surface area (Å²) in [6, 6.07) is 0. The van der Waals surface area contributed by atoms with Gasteiger partial charge in [-0.1, -0.05) is 6.92 Å². The molecule has 1 heterocycles. The number of carboxylic acid groups (broad SMARTS) is 1. The van der Waals surface area contributed by atoms with E-state index in [1.807, 2.05) is 6.92 Å².